The van der Waals surface area contributed by atoms with Crippen LogP contribution in [0.1, 0.15) is 38.2 Å². The van der Waals surface area contributed by atoms with Crippen molar-refractivity contribution in [3.63, 3.8) is 0 Å². The van der Waals surface area contributed by atoms with Gasteiger partial charge in [-0.15, -0.1) is 0 Å². The van der Waals surface area contributed by atoms with E-state index in [1.54, 1.807) is 32.2 Å². The van der Waals surface area contributed by atoms with Gasteiger partial charge in [0.25, 0.3) is 0 Å². The molecule has 0 fully saturated rings. The van der Waals surface area contributed by atoms with Gasteiger partial charge in [0.05, 0.1) is 25.2 Å². The lowest BCUT2D eigenvalue weighted by molar-refractivity contribution is -0.139. The van der Waals surface area contributed by atoms with Crippen LogP contribution in [0.25, 0.3) is 0 Å². The predicted molar refractivity (Wildman–Crippen MR) is 92.2 cm³/mol. The normalized spacial score (nSPS) is 17.0. The third kappa shape index (κ3) is 3.77. The number of benzene rings is 1. The zero-order chi connectivity index (χ0) is 18.4. The molecule has 1 heterocycles. The molecule has 6 heteroatoms. The van der Waals surface area contributed by atoms with Gasteiger partial charge in [0.15, 0.2) is 0 Å². The summed E-state index contributed by atoms with van der Waals surface area (Å²) < 4.78 is 16.1. The summed E-state index contributed by atoms with van der Waals surface area (Å²) in [7, 11) is 1.56. The SMILES string of the molecule is CCCC1=C(C(=O)OCC)[C@H](c2cccc(OC)c2)C(C#N)=C(N)O1. The van der Waals surface area contributed by atoms with E-state index in [0.717, 1.165) is 12.0 Å². The van der Waals surface area contributed by atoms with Gasteiger partial charge in [-0.05, 0) is 31.0 Å². The Morgan fingerprint density at radius 2 is 2.16 bits per heavy atom. The van der Waals surface area contributed by atoms with Crippen LogP contribution in [0.4, 0.5) is 0 Å². The van der Waals surface area contributed by atoms with Gasteiger partial charge in [0, 0.05) is 6.42 Å². The Kier molecular flexibility index (Phi) is 6.07. The van der Waals surface area contributed by atoms with E-state index >= 15 is 0 Å². The van der Waals surface area contributed by atoms with Gasteiger partial charge in [-0.1, -0.05) is 19.1 Å². The number of allylic oxidation sites excluding steroid dienone is 2. The minimum Gasteiger partial charge on any atom is -0.497 e. The summed E-state index contributed by atoms with van der Waals surface area (Å²) in [6.45, 7) is 3.94. The predicted octanol–water partition coefficient (Wildman–Crippen LogP) is 3.12. The number of nitrogens with zero attached hydrogens (tertiary/aromatic N) is 1. The molecule has 1 atom stereocenters. The van der Waals surface area contributed by atoms with Crippen LogP contribution in [0.3, 0.4) is 0 Å². The van der Waals surface area contributed by atoms with Gasteiger partial charge in [-0.2, -0.15) is 5.26 Å². The molecule has 0 aromatic heterocycles. The largest absolute Gasteiger partial charge is 0.497 e. The molecule has 1 aromatic rings. The van der Waals surface area contributed by atoms with Crippen LogP contribution >= 0.6 is 0 Å². The monoisotopic (exact) mass is 342 g/mol. The summed E-state index contributed by atoms with van der Waals surface area (Å²) in [6, 6.07) is 9.28. The molecular weight excluding hydrogens is 320 g/mol. The average Bonchev–Trinajstić information content (AvgIpc) is 2.61. The number of nitrogens with two attached hydrogens (primary N) is 1. The zero-order valence-corrected chi connectivity index (χ0v) is 14.7. The maximum absolute atomic E-state index is 12.6. The average molecular weight is 342 g/mol. The fraction of sp³-hybridized carbons (Fsp3) is 0.368. The lowest BCUT2D eigenvalue weighted by Gasteiger charge is -2.28. The Hall–Kier alpha value is -2.94. The summed E-state index contributed by atoms with van der Waals surface area (Å²) in [5.74, 6) is -0.0503. The molecule has 0 saturated carbocycles. The summed E-state index contributed by atoms with van der Waals surface area (Å²) in [4.78, 5) is 12.6. The second-order valence-corrected chi connectivity index (χ2v) is 5.51. The molecule has 1 aliphatic heterocycles. The summed E-state index contributed by atoms with van der Waals surface area (Å²) in [5.41, 5.74) is 7.20. The first-order valence-corrected chi connectivity index (χ1v) is 8.18. The summed E-state index contributed by atoms with van der Waals surface area (Å²) in [5, 5.41) is 9.59. The fourth-order valence-corrected chi connectivity index (χ4v) is 2.82. The van der Waals surface area contributed by atoms with Crippen LogP contribution < -0.4 is 10.5 Å². The number of rotatable bonds is 6. The van der Waals surface area contributed by atoms with Gasteiger partial charge in [-0.25, -0.2) is 4.79 Å². The van der Waals surface area contributed by atoms with E-state index in [9.17, 15) is 10.1 Å². The number of hydrogen-bond acceptors (Lipinski definition) is 6. The van der Waals surface area contributed by atoms with Crippen molar-refractivity contribution >= 4 is 5.97 Å². The van der Waals surface area contributed by atoms with Crippen molar-refractivity contribution in [1.29, 1.82) is 5.26 Å². The van der Waals surface area contributed by atoms with E-state index in [-0.39, 0.29) is 18.1 Å². The van der Waals surface area contributed by atoms with Gasteiger partial charge >= 0.3 is 5.97 Å². The van der Waals surface area contributed by atoms with Gasteiger partial charge < -0.3 is 19.9 Å². The Morgan fingerprint density at radius 1 is 1.40 bits per heavy atom. The highest BCUT2D eigenvalue weighted by atomic mass is 16.5. The highest BCUT2D eigenvalue weighted by molar-refractivity contribution is 5.92. The standard InChI is InChI=1S/C19H22N2O4/c1-4-7-15-17(19(22)24-5-2)16(14(11-20)18(21)25-15)12-8-6-9-13(10-12)23-3/h6,8-10,16H,4-5,7,21H2,1-3H3/t16-/m1/s1. The van der Waals surface area contributed by atoms with Crippen molar-refractivity contribution in [3.05, 3.63) is 52.6 Å². The van der Waals surface area contributed by atoms with Crippen LogP contribution in [-0.4, -0.2) is 19.7 Å². The highest BCUT2D eigenvalue weighted by Crippen LogP contribution is 2.41. The Morgan fingerprint density at radius 3 is 2.76 bits per heavy atom. The van der Waals surface area contributed by atoms with Crippen LogP contribution in [0.5, 0.6) is 5.75 Å². The van der Waals surface area contributed by atoms with E-state index in [0.29, 0.717) is 23.5 Å². The first-order valence-electron chi connectivity index (χ1n) is 8.18. The van der Waals surface area contributed by atoms with Gasteiger partial charge in [-0.3, -0.25) is 0 Å². The molecule has 2 rings (SSSR count). The van der Waals surface area contributed by atoms with Gasteiger partial charge in [0.1, 0.15) is 23.2 Å². The van der Waals surface area contributed by atoms with Crippen molar-refractivity contribution in [2.24, 2.45) is 5.73 Å². The molecule has 132 valence electrons. The van der Waals surface area contributed by atoms with Gasteiger partial charge in [0.2, 0.25) is 5.88 Å². The van der Waals surface area contributed by atoms with Crippen LogP contribution in [-0.2, 0) is 14.3 Å². The molecule has 0 unspecified atom stereocenters. The number of esters is 1. The number of ether oxygens (including phenoxy) is 3. The third-order valence-electron chi connectivity index (χ3n) is 3.90. The zero-order valence-electron chi connectivity index (χ0n) is 14.7. The van der Waals surface area contributed by atoms with E-state index in [2.05, 4.69) is 6.07 Å². The second-order valence-electron chi connectivity index (χ2n) is 5.51. The molecule has 2 N–H and O–H groups in total. The molecule has 0 bridgehead atoms. The maximum atomic E-state index is 12.6. The van der Waals surface area contributed by atoms with Crippen LogP contribution in [0, 0.1) is 11.3 Å². The smallest absolute Gasteiger partial charge is 0.338 e. The number of carbonyl (C=O) groups is 1. The molecule has 0 radical (unpaired) electrons. The van der Waals surface area contributed by atoms with E-state index in [4.69, 9.17) is 19.9 Å². The Balaban J connectivity index is 2.66. The number of carbonyl (C=O) groups excluding carboxylic acids is 1. The van der Waals surface area contributed by atoms with Crippen molar-refractivity contribution in [2.75, 3.05) is 13.7 Å². The molecule has 0 amide bonds. The molecule has 1 aromatic carbocycles. The number of hydrogen-bond donors (Lipinski definition) is 1. The Bertz CT molecular complexity index is 759. The van der Waals surface area contributed by atoms with Crippen molar-refractivity contribution in [3.8, 4) is 11.8 Å². The number of nitriles is 1. The quantitative estimate of drug-likeness (QED) is 0.798. The minimum absolute atomic E-state index is 0.0202. The molecule has 0 aliphatic carbocycles. The molecule has 0 spiro atoms. The maximum Gasteiger partial charge on any atom is 0.338 e. The lowest BCUT2D eigenvalue weighted by Crippen LogP contribution is -2.26. The molecule has 0 saturated heterocycles. The summed E-state index contributed by atoms with van der Waals surface area (Å²) >= 11 is 0. The topological polar surface area (TPSA) is 94.6 Å². The molecule has 1 aliphatic rings. The highest BCUT2D eigenvalue weighted by Gasteiger charge is 2.37. The van der Waals surface area contributed by atoms with E-state index in [1.165, 1.54) is 0 Å². The summed E-state index contributed by atoms with van der Waals surface area (Å²) in [6.07, 6.45) is 1.28. The number of methoxy groups -OCH3 is 1. The van der Waals surface area contributed by atoms with Crippen molar-refractivity contribution in [1.82, 2.24) is 0 Å². The first kappa shape index (κ1) is 18.4. The van der Waals surface area contributed by atoms with Crippen molar-refractivity contribution < 1.29 is 19.0 Å². The van der Waals surface area contributed by atoms with Crippen LogP contribution in [0.15, 0.2) is 47.1 Å². The third-order valence-corrected chi connectivity index (χ3v) is 3.90. The molecular formula is C19H22N2O4. The van der Waals surface area contributed by atoms with E-state index in [1.807, 2.05) is 13.0 Å². The Labute approximate surface area is 147 Å². The van der Waals surface area contributed by atoms with Crippen LogP contribution in [0.2, 0.25) is 0 Å². The first-order chi connectivity index (χ1) is 12.1. The van der Waals surface area contributed by atoms with E-state index < -0.39 is 11.9 Å². The minimum atomic E-state index is -0.644. The van der Waals surface area contributed by atoms with Crippen molar-refractivity contribution in [2.45, 2.75) is 32.6 Å². The molecule has 6 nitrogen and oxygen atoms in total. The fourth-order valence-electron chi connectivity index (χ4n) is 2.82. The molecule has 25 heavy (non-hydrogen) atoms. The second kappa shape index (κ2) is 8.25. The lowest BCUT2D eigenvalue weighted by atomic mass is 9.82.